The van der Waals surface area contributed by atoms with Gasteiger partial charge in [0.1, 0.15) is 4.88 Å². The van der Waals surface area contributed by atoms with E-state index in [2.05, 4.69) is 93.5 Å². The summed E-state index contributed by atoms with van der Waals surface area (Å²) in [7, 11) is 5.52. The number of ether oxygens (including phenoxy) is 1. The topological polar surface area (TPSA) is 167 Å². The second-order valence-corrected chi connectivity index (χ2v) is 26.6. The molecular formula is C54H76Br2N10O5S4. The molecule has 6 aromatic rings. The lowest BCUT2D eigenvalue weighted by atomic mass is 9.87. The van der Waals surface area contributed by atoms with Gasteiger partial charge < -0.3 is 30.7 Å². The SMILES string of the molecule is Brc1ccsc1.CC1CCC(N)CC1.CC1CCC(NC(=O)[C@@H]2CC2CN2CCN(c3nn(C)c4ccsc34)CC2)CC1.COC(=O)[C@@H]1CC1CN1CCN(c2nn(C)c3ccsc23)CC1.O=C(O)c1sccc1Br. The fraction of sp³-hybridized carbons (Fsp3) is 0.611. The first-order valence-electron chi connectivity index (χ1n) is 26.7. The van der Waals surface area contributed by atoms with Crippen LogP contribution in [0.2, 0.25) is 0 Å². The normalized spacial score (nSPS) is 25.6. The second kappa shape index (κ2) is 27.5. The van der Waals surface area contributed by atoms with Gasteiger partial charge in [-0.1, -0.05) is 13.8 Å². The molecule has 12 rings (SSSR count). The van der Waals surface area contributed by atoms with Crippen molar-refractivity contribution in [3.8, 4) is 0 Å². The number of aromatic nitrogens is 4. The summed E-state index contributed by atoms with van der Waals surface area (Å²) in [6.45, 7) is 15.0. The molecular weight excluding hydrogens is 1160 g/mol. The summed E-state index contributed by atoms with van der Waals surface area (Å²) in [5.41, 5.74) is 8.14. The lowest BCUT2D eigenvalue weighted by Crippen LogP contribution is -2.47. The minimum absolute atomic E-state index is 0.0396. The van der Waals surface area contributed by atoms with Gasteiger partial charge in [-0.25, -0.2) is 4.79 Å². The van der Waals surface area contributed by atoms with E-state index in [0.717, 1.165) is 115 Å². The quantitative estimate of drug-likeness (QED) is 0.111. The molecule has 6 aromatic heterocycles. The number of anilines is 2. The van der Waals surface area contributed by atoms with E-state index in [1.54, 1.807) is 45.5 Å². The summed E-state index contributed by atoms with van der Waals surface area (Å²) in [6, 6.07) is 8.96. The number of carbonyl (C=O) groups excluding carboxylic acids is 2. The van der Waals surface area contributed by atoms with Crippen molar-refractivity contribution in [2.75, 3.05) is 82.4 Å². The average molecular weight is 1230 g/mol. The van der Waals surface area contributed by atoms with Crippen LogP contribution in [0.4, 0.5) is 11.6 Å². The van der Waals surface area contributed by atoms with Crippen molar-refractivity contribution in [1.82, 2.24) is 34.7 Å². The number of nitrogens with two attached hydrogens (primary N) is 1. The van der Waals surface area contributed by atoms with Crippen LogP contribution in [0.1, 0.15) is 87.7 Å². The number of thiophene rings is 4. The van der Waals surface area contributed by atoms with Crippen molar-refractivity contribution in [1.29, 1.82) is 0 Å². The molecule has 2 unspecified atom stereocenters. The molecule has 1 amide bonds. The average Bonchev–Trinajstić information content (AvgIpc) is 3.80. The fourth-order valence-corrected chi connectivity index (χ4v) is 15.0. The van der Waals surface area contributed by atoms with Gasteiger partial charge >= 0.3 is 11.9 Å². The number of methoxy groups -OCH3 is 1. The Morgan fingerprint density at radius 1 is 0.693 bits per heavy atom. The molecule has 75 heavy (non-hydrogen) atoms. The maximum atomic E-state index is 12.6. The molecule has 2 aliphatic heterocycles. The highest BCUT2D eigenvalue weighted by atomic mass is 79.9. The number of nitrogens with zero attached hydrogens (tertiary/aromatic N) is 8. The van der Waals surface area contributed by atoms with Gasteiger partial charge in [-0.2, -0.15) is 21.5 Å². The van der Waals surface area contributed by atoms with Gasteiger partial charge in [0.25, 0.3) is 0 Å². The van der Waals surface area contributed by atoms with E-state index in [9.17, 15) is 14.4 Å². The van der Waals surface area contributed by atoms with Crippen LogP contribution in [0, 0.1) is 35.5 Å². The molecule has 4 aliphatic carbocycles. The third kappa shape index (κ3) is 16.1. The van der Waals surface area contributed by atoms with Crippen LogP contribution in [0.15, 0.2) is 60.1 Å². The van der Waals surface area contributed by atoms with E-state index in [-0.39, 0.29) is 17.8 Å². The van der Waals surface area contributed by atoms with Crippen molar-refractivity contribution in [2.24, 2.45) is 55.3 Å². The number of aryl methyl sites for hydroxylation is 2. The number of hydrogen-bond acceptors (Lipinski definition) is 15. The van der Waals surface area contributed by atoms with Crippen molar-refractivity contribution in [2.45, 2.75) is 90.1 Å². The third-order valence-corrected chi connectivity index (χ3v) is 20.7. The molecule has 8 heterocycles. The first-order chi connectivity index (χ1) is 36.1. The molecule has 410 valence electrons. The summed E-state index contributed by atoms with van der Waals surface area (Å²) >= 11 is 12.8. The molecule has 0 radical (unpaired) electrons. The number of esters is 1. The number of nitrogens with one attached hydrogen (secondary N) is 1. The van der Waals surface area contributed by atoms with Crippen molar-refractivity contribution >= 4 is 127 Å². The zero-order chi connectivity index (χ0) is 53.2. The largest absolute Gasteiger partial charge is 0.477 e. The highest BCUT2D eigenvalue weighted by molar-refractivity contribution is 9.10. The molecule has 4 N–H and O–H groups in total. The highest BCUT2D eigenvalue weighted by Gasteiger charge is 2.46. The van der Waals surface area contributed by atoms with Crippen LogP contribution in [0.3, 0.4) is 0 Å². The number of halogens is 2. The number of hydrogen-bond donors (Lipinski definition) is 3. The third-order valence-electron chi connectivity index (χ3n) is 15.6. The molecule has 4 atom stereocenters. The van der Waals surface area contributed by atoms with Crippen LogP contribution >= 0.6 is 77.2 Å². The molecule has 6 aliphatic rings. The number of amides is 1. The lowest BCUT2D eigenvalue weighted by Gasteiger charge is -2.35. The van der Waals surface area contributed by atoms with Crippen LogP contribution in [-0.4, -0.2) is 137 Å². The number of aromatic carboxylic acids is 1. The number of piperazine rings is 2. The molecule has 0 spiro atoms. The van der Waals surface area contributed by atoms with Gasteiger partial charge in [-0.05, 0) is 166 Å². The number of carboxylic acids is 1. The number of carbonyl (C=O) groups is 3. The Labute approximate surface area is 475 Å². The summed E-state index contributed by atoms with van der Waals surface area (Å²) in [4.78, 5) is 44.6. The molecule has 6 fully saturated rings. The maximum absolute atomic E-state index is 12.6. The standard InChI is InChI=1S/C22H33N5OS.C16H22N4O2S.C7H15N.C5H3BrO2S.C4H3BrS/c1-15-3-5-17(6-4-15)23-22(28)18-13-16(18)14-26-8-10-27(11-9-26)21-20-19(7-12-29-20)25(2)24-21;1-18-13-3-8-23-14(13)15(17-18)20-6-4-19(5-7-20)10-11-9-12(11)16(21)22-2;1-6-2-4-7(8)5-3-6;6-3-1-2-9-4(3)5(7)8;5-4-1-2-6-3-4/h7,12,15-18H,3-6,8-11,13-14H2,1-2H3,(H,23,28);3,8,11-12H,4-7,9-10H2,1-2H3;6-7H,2-5,8H2,1H3;1-2H,(H,7,8);1-3H/t15?,16?,17?,18-;11?,12-;;;/m11.../s1. The first-order valence-corrected chi connectivity index (χ1v) is 31.8. The Morgan fingerprint density at radius 3 is 1.60 bits per heavy atom. The zero-order valence-electron chi connectivity index (χ0n) is 44.1. The van der Waals surface area contributed by atoms with E-state index in [1.165, 1.54) is 81.9 Å². The summed E-state index contributed by atoms with van der Waals surface area (Å²) in [5, 5.41) is 31.3. The van der Waals surface area contributed by atoms with Crippen LogP contribution < -0.4 is 20.9 Å². The number of carboxylic acid groups (broad SMARTS) is 1. The van der Waals surface area contributed by atoms with Gasteiger partial charge in [-0.3, -0.25) is 28.8 Å². The van der Waals surface area contributed by atoms with Gasteiger partial charge in [0.2, 0.25) is 5.91 Å². The monoisotopic (exact) mass is 1230 g/mol. The second-order valence-electron chi connectivity index (χ2n) is 21.3. The molecule has 21 heteroatoms. The van der Waals surface area contributed by atoms with Gasteiger partial charge in [-0.15, -0.1) is 34.0 Å². The van der Waals surface area contributed by atoms with Crippen molar-refractivity contribution in [3.05, 3.63) is 65.0 Å². The van der Waals surface area contributed by atoms with Gasteiger partial charge in [0.05, 0.1) is 33.5 Å². The molecule has 4 saturated carbocycles. The Bertz CT molecular complexity index is 2720. The summed E-state index contributed by atoms with van der Waals surface area (Å²) in [5.74, 6) is 4.89. The first kappa shape index (κ1) is 57.8. The Hall–Kier alpha value is -3.41. The predicted octanol–water partition coefficient (Wildman–Crippen LogP) is 10.9. The Morgan fingerprint density at radius 2 is 1.19 bits per heavy atom. The van der Waals surface area contributed by atoms with Gasteiger partial charge in [0, 0.05) is 112 Å². The van der Waals surface area contributed by atoms with Crippen LogP contribution in [0.25, 0.3) is 20.4 Å². The predicted molar refractivity (Wildman–Crippen MR) is 316 cm³/mol. The molecule has 0 aromatic carbocycles. The van der Waals surface area contributed by atoms with E-state index >= 15 is 0 Å². The van der Waals surface area contributed by atoms with Gasteiger partial charge in [0.15, 0.2) is 11.6 Å². The lowest BCUT2D eigenvalue weighted by molar-refractivity contribution is -0.142. The zero-order valence-corrected chi connectivity index (χ0v) is 50.5. The van der Waals surface area contributed by atoms with Crippen molar-refractivity contribution in [3.63, 3.8) is 0 Å². The Balaban J connectivity index is 0.000000142. The molecule has 0 bridgehead atoms. The van der Waals surface area contributed by atoms with E-state index in [1.807, 2.05) is 40.3 Å². The van der Waals surface area contributed by atoms with E-state index in [4.69, 9.17) is 25.8 Å². The highest BCUT2D eigenvalue weighted by Crippen LogP contribution is 2.42. The minimum atomic E-state index is -0.878. The molecule has 2 saturated heterocycles. The Kier molecular flexibility index (Phi) is 21.1. The fourth-order valence-electron chi connectivity index (χ4n) is 10.6. The molecule has 15 nitrogen and oxygen atoms in total. The number of rotatable bonds is 10. The summed E-state index contributed by atoms with van der Waals surface area (Å²) < 4.78 is 13.2. The van der Waals surface area contributed by atoms with Crippen LogP contribution in [-0.2, 0) is 28.4 Å². The smallest absolute Gasteiger partial charge is 0.347 e. The minimum Gasteiger partial charge on any atom is -0.477 e. The van der Waals surface area contributed by atoms with E-state index in [0.29, 0.717) is 39.2 Å². The van der Waals surface area contributed by atoms with Crippen molar-refractivity contribution < 1.29 is 24.2 Å². The van der Waals surface area contributed by atoms with E-state index < -0.39 is 5.97 Å². The number of fused-ring (bicyclic) bond motifs is 2. The van der Waals surface area contributed by atoms with Crippen LogP contribution in [0.5, 0.6) is 0 Å². The summed E-state index contributed by atoms with van der Waals surface area (Å²) in [6.07, 6.45) is 12.1. The maximum Gasteiger partial charge on any atom is 0.347 e.